The van der Waals surface area contributed by atoms with Crippen molar-refractivity contribution in [1.29, 1.82) is 0 Å². The molecule has 0 atom stereocenters. The van der Waals surface area contributed by atoms with E-state index in [1.807, 2.05) is 24.3 Å². The van der Waals surface area contributed by atoms with Crippen LogP contribution in [0.25, 0.3) is 0 Å². The summed E-state index contributed by atoms with van der Waals surface area (Å²) in [4.78, 5) is 11.8. The van der Waals surface area contributed by atoms with Crippen molar-refractivity contribution in [3.8, 4) is 11.5 Å². The summed E-state index contributed by atoms with van der Waals surface area (Å²) in [5.74, 6) is 0.577. The number of ether oxygens (including phenoxy) is 1. The van der Waals surface area contributed by atoms with Crippen LogP contribution < -0.4 is 10.1 Å². The summed E-state index contributed by atoms with van der Waals surface area (Å²) in [7, 11) is 0. The van der Waals surface area contributed by atoms with Gasteiger partial charge in [-0.05, 0) is 47.4 Å². The average Bonchev–Trinajstić information content (AvgIpc) is 2.47. The van der Waals surface area contributed by atoms with Gasteiger partial charge in [-0.3, -0.25) is 4.79 Å². The molecule has 0 spiro atoms. The predicted molar refractivity (Wildman–Crippen MR) is 87.4 cm³/mol. The molecule has 0 saturated heterocycles. The molecule has 0 aliphatic rings. The van der Waals surface area contributed by atoms with E-state index in [1.54, 1.807) is 12.1 Å². The molecule has 0 aliphatic carbocycles. The number of carbonyl (C=O) groups excluding carboxylic acids is 1. The van der Waals surface area contributed by atoms with Crippen LogP contribution in [0.2, 0.25) is 0 Å². The zero-order valence-electron chi connectivity index (χ0n) is 13.1. The summed E-state index contributed by atoms with van der Waals surface area (Å²) in [5, 5.41) is 11.9. The monoisotopic (exact) mass is 299 g/mol. The van der Waals surface area contributed by atoms with Gasteiger partial charge in [0.25, 0.3) is 5.91 Å². The maximum absolute atomic E-state index is 11.8. The molecule has 4 heteroatoms. The normalized spacial score (nSPS) is 11.0. The molecule has 0 bridgehead atoms. The van der Waals surface area contributed by atoms with Crippen LogP contribution in [-0.2, 0) is 10.2 Å². The van der Waals surface area contributed by atoms with E-state index in [0.29, 0.717) is 11.4 Å². The molecule has 0 saturated carbocycles. The number of benzene rings is 2. The molecule has 4 nitrogen and oxygen atoms in total. The molecular formula is C18H21NO3. The lowest BCUT2D eigenvalue weighted by atomic mass is 9.87. The van der Waals surface area contributed by atoms with Gasteiger partial charge in [0.15, 0.2) is 6.61 Å². The second-order valence-electron chi connectivity index (χ2n) is 6.16. The van der Waals surface area contributed by atoms with Gasteiger partial charge in [-0.25, -0.2) is 0 Å². The Bertz CT molecular complexity index is 625. The summed E-state index contributed by atoms with van der Waals surface area (Å²) in [6.07, 6.45) is 0. The Hall–Kier alpha value is -2.49. The first-order valence-electron chi connectivity index (χ1n) is 7.17. The summed E-state index contributed by atoms with van der Waals surface area (Å²) >= 11 is 0. The Morgan fingerprint density at radius 3 is 2.18 bits per heavy atom. The average molecular weight is 299 g/mol. The van der Waals surface area contributed by atoms with Crippen molar-refractivity contribution in [1.82, 2.24) is 0 Å². The summed E-state index contributed by atoms with van der Waals surface area (Å²) < 4.78 is 5.47. The Kier molecular flexibility index (Phi) is 4.71. The van der Waals surface area contributed by atoms with Crippen molar-refractivity contribution in [2.75, 3.05) is 11.9 Å². The fourth-order valence-corrected chi connectivity index (χ4v) is 1.94. The van der Waals surface area contributed by atoms with Crippen molar-refractivity contribution in [2.45, 2.75) is 26.2 Å². The van der Waals surface area contributed by atoms with Crippen LogP contribution in [0, 0.1) is 0 Å². The van der Waals surface area contributed by atoms with Crippen molar-refractivity contribution >= 4 is 11.6 Å². The third-order valence-electron chi connectivity index (χ3n) is 3.24. The number of phenols is 1. The van der Waals surface area contributed by atoms with E-state index in [2.05, 4.69) is 26.1 Å². The molecule has 0 radical (unpaired) electrons. The van der Waals surface area contributed by atoms with Gasteiger partial charge in [0.05, 0.1) is 0 Å². The zero-order valence-corrected chi connectivity index (χ0v) is 13.1. The second-order valence-corrected chi connectivity index (χ2v) is 6.16. The van der Waals surface area contributed by atoms with E-state index in [4.69, 9.17) is 4.74 Å². The minimum Gasteiger partial charge on any atom is -0.508 e. The Labute approximate surface area is 130 Å². The highest BCUT2D eigenvalue weighted by atomic mass is 16.5. The lowest BCUT2D eigenvalue weighted by Crippen LogP contribution is -2.20. The number of nitrogens with one attached hydrogen (secondary N) is 1. The Morgan fingerprint density at radius 1 is 1.05 bits per heavy atom. The van der Waals surface area contributed by atoms with Gasteiger partial charge in [-0.15, -0.1) is 0 Å². The molecule has 22 heavy (non-hydrogen) atoms. The molecule has 2 aromatic rings. The molecule has 0 fully saturated rings. The van der Waals surface area contributed by atoms with Crippen LogP contribution in [0.15, 0.2) is 48.5 Å². The minimum absolute atomic E-state index is 0.0598. The van der Waals surface area contributed by atoms with Crippen LogP contribution in [-0.4, -0.2) is 17.6 Å². The number of carbonyl (C=O) groups is 1. The van der Waals surface area contributed by atoms with Gasteiger partial charge in [0.1, 0.15) is 11.5 Å². The third kappa shape index (κ3) is 4.52. The predicted octanol–water partition coefficient (Wildman–Crippen LogP) is 3.71. The van der Waals surface area contributed by atoms with Gasteiger partial charge in [0.2, 0.25) is 0 Å². The van der Waals surface area contributed by atoms with Crippen LogP contribution in [0.4, 0.5) is 5.69 Å². The third-order valence-corrected chi connectivity index (χ3v) is 3.24. The Morgan fingerprint density at radius 2 is 1.64 bits per heavy atom. The van der Waals surface area contributed by atoms with Gasteiger partial charge in [-0.2, -0.15) is 0 Å². The molecule has 0 aliphatic heterocycles. The number of hydrogen-bond donors (Lipinski definition) is 2. The summed E-state index contributed by atoms with van der Waals surface area (Å²) in [6.45, 7) is 6.38. The highest BCUT2D eigenvalue weighted by molar-refractivity contribution is 5.91. The summed E-state index contributed by atoms with van der Waals surface area (Å²) in [5.41, 5.74) is 1.93. The first-order valence-corrected chi connectivity index (χ1v) is 7.17. The number of phenolic OH excluding ortho intramolecular Hbond substituents is 1. The number of amides is 1. The highest BCUT2D eigenvalue weighted by Gasteiger charge is 2.13. The lowest BCUT2D eigenvalue weighted by molar-refractivity contribution is -0.118. The van der Waals surface area contributed by atoms with Crippen molar-refractivity contribution in [3.05, 3.63) is 54.1 Å². The molecule has 1 amide bonds. The van der Waals surface area contributed by atoms with E-state index in [1.165, 1.54) is 17.7 Å². The molecule has 2 N–H and O–H groups in total. The SMILES string of the molecule is CC(C)(C)c1ccc(OCC(=O)Nc2ccc(O)cc2)cc1. The number of rotatable bonds is 4. The van der Waals surface area contributed by atoms with Crippen molar-refractivity contribution in [2.24, 2.45) is 0 Å². The first kappa shape index (κ1) is 15.9. The van der Waals surface area contributed by atoms with Crippen LogP contribution in [0.3, 0.4) is 0 Å². The topological polar surface area (TPSA) is 58.6 Å². The molecule has 0 unspecified atom stereocenters. The van der Waals surface area contributed by atoms with Crippen molar-refractivity contribution in [3.63, 3.8) is 0 Å². The fourth-order valence-electron chi connectivity index (χ4n) is 1.94. The van der Waals surface area contributed by atoms with E-state index < -0.39 is 0 Å². The molecule has 116 valence electrons. The fraction of sp³-hybridized carbons (Fsp3) is 0.278. The maximum atomic E-state index is 11.8. The quantitative estimate of drug-likeness (QED) is 0.846. The Balaban J connectivity index is 1.87. The van der Waals surface area contributed by atoms with E-state index >= 15 is 0 Å². The molecule has 0 aromatic heterocycles. The van der Waals surface area contributed by atoms with Crippen LogP contribution >= 0.6 is 0 Å². The minimum atomic E-state index is -0.245. The first-order chi connectivity index (χ1) is 10.3. The van der Waals surface area contributed by atoms with Gasteiger partial charge >= 0.3 is 0 Å². The van der Waals surface area contributed by atoms with E-state index in [-0.39, 0.29) is 23.7 Å². The second kappa shape index (κ2) is 6.52. The molecule has 2 aromatic carbocycles. The van der Waals surface area contributed by atoms with Gasteiger partial charge in [-0.1, -0.05) is 32.9 Å². The van der Waals surface area contributed by atoms with Gasteiger partial charge < -0.3 is 15.2 Å². The molecule has 0 heterocycles. The standard InChI is InChI=1S/C18H21NO3/c1-18(2,3)13-4-10-16(11-5-13)22-12-17(21)19-14-6-8-15(20)9-7-14/h4-11,20H,12H2,1-3H3,(H,19,21). The molecular weight excluding hydrogens is 278 g/mol. The van der Waals surface area contributed by atoms with Crippen LogP contribution in [0.1, 0.15) is 26.3 Å². The number of anilines is 1. The van der Waals surface area contributed by atoms with Crippen molar-refractivity contribution < 1.29 is 14.6 Å². The number of hydrogen-bond acceptors (Lipinski definition) is 3. The number of aromatic hydroxyl groups is 1. The maximum Gasteiger partial charge on any atom is 0.262 e. The van der Waals surface area contributed by atoms with E-state index in [9.17, 15) is 9.90 Å². The molecule has 2 rings (SSSR count). The smallest absolute Gasteiger partial charge is 0.262 e. The lowest BCUT2D eigenvalue weighted by Gasteiger charge is -2.19. The largest absolute Gasteiger partial charge is 0.508 e. The van der Waals surface area contributed by atoms with Crippen LogP contribution in [0.5, 0.6) is 11.5 Å². The summed E-state index contributed by atoms with van der Waals surface area (Å²) in [6, 6.07) is 14.0. The highest BCUT2D eigenvalue weighted by Crippen LogP contribution is 2.24. The van der Waals surface area contributed by atoms with Gasteiger partial charge in [0, 0.05) is 5.69 Å². The van der Waals surface area contributed by atoms with E-state index in [0.717, 1.165) is 0 Å². The zero-order chi connectivity index (χ0) is 16.2.